The summed E-state index contributed by atoms with van der Waals surface area (Å²) < 4.78 is 0. The Bertz CT molecular complexity index is 419. The van der Waals surface area contributed by atoms with E-state index in [0.29, 0.717) is 23.0 Å². The molecule has 0 saturated heterocycles. The third kappa shape index (κ3) is 1.21. The summed E-state index contributed by atoms with van der Waals surface area (Å²) in [6.07, 6.45) is 4.74. The van der Waals surface area contributed by atoms with E-state index in [1.54, 1.807) is 6.92 Å². The van der Waals surface area contributed by atoms with Gasteiger partial charge in [-0.15, -0.1) is 0 Å². The van der Waals surface area contributed by atoms with Crippen LogP contribution in [-0.4, -0.2) is 5.78 Å². The summed E-state index contributed by atoms with van der Waals surface area (Å²) in [7, 11) is 0. The predicted molar refractivity (Wildman–Crippen MR) is 74.1 cm³/mol. The van der Waals surface area contributed by atoms with Crippen LogP contribution in [0.15, 0.2) is 12.2 Å². The van der Waals surface area contributed by atoms with Gasteiger partial charge in [-0.3, -0.25) is 4.79 Å². The number of hydrogen-bond acceptors (Lipinski definition) is 1. The molecule has 0 N–H and O–H groups in total. The van der Waals surface area contributed by atoms with Gasteiger partial charge >= 0.3 is 0 Å². The maximum absolute atomic E-state index is 12.2. The van der Waals surface area contributed by atoms with E-state index in [0.717, 1.165) is 18.8 Å². The number of ketones is 1. The van der Waals surface area contributed by atoms with E-state index >= 15 is 0 Å². The highest BCUT2D eigenvalue weighted by molar-refractivity contribution is 5.80. The molecule has 0 aromatic carbocycles. The Kier molecular flexibility index (Phi) is 2.41. The number of carbonyl (C=O) groups is 1. The van der Waals surface area contributed by atoms with Gasteiger partial charge in [-0.1, -0.05) is 32.9 Å². The predicted octanol–water partition coefficient (Wildman–Crippen LogP) is 4.23. The molecule has 1 unspecified atom stereocenters. The third-order valence-electron chi connectivity index (χ3n) is 6.83. The minimum absolute atomic E-state index is 0.173. The molecular weight excluding hydrogens is 220 g/mol. The van der Waals surface area contributed by atoms with Gasteiger partial charge in [-0.05, 0) is 55.8 Å². The van der Waals surface area contributed by atoms with Crippen LogP contribution in [0.1, 0.15) is 53.4 Å². The van der Waals surface area contributed by atoms with Gasteiger partial charge in [0.2, 0.25) is 0 Å². The summed E-state index contributed by atoms with van der Waals surface area (Å²) in [6, 6.07) is 0. The highest BCUT2D eigenvalue weighted by Crippen LogP contribution is 2.73. The Hall–Kier alpha value is -0.590. The lowest BCUT2D eigenvalue weighted by Gasteiger charge is -2.43. The molecule has 100 valence electrons. The average Bonchev–Trinajstić information content (AvgIpc) is 2.69. The fourth-order valence-corrected chi connectivity index (χ4v) is 6.10. The molecule has 0 radical (unpaired) electrons. The second-order valence-corrected chi connectivity index (χ2v) is 7.74. The first-order chi connectivity index (χ1) is 8.31. The lowest BCUT2D eigenvalue weighted by Crippen LogP contribution is -2.40. The highest BCUT2D eigenvalue weighted by atomic mass is 16.1. The van der Waals surface area contributed by atoms with Crippen LogP contribution in [0.3, 0.4) is 0 Å². The molecule has 3 rings (SSSR count). The molecule has 3 saturated carbocycles. The maximum atomic E-state index is 12.2. The van der Waals surface area contributed by atoms with Crippen LogP contribution < -0.4 is 0 Å². The molecular formula is C17H26O. The Morgan fingerprint density at radius 3 is 2.67 bits per heavy atom. The molecule has 0 heterocycles. The Labute approximate surface area is 111 Å². The van der Waals surface area contributed by atoms with Crippen molar-refractivity contribution < 1.29 is 4.79 Å². The molecule has 5 atom stereocenters. The van der Waals surface area contributed by atoms with E-state index in [1.165, 1.54) is 18.4 Å². The monoisotopic (exact) mass is 246 g/mol. The lowest BCUT2D eigenvalue weighted by molar-refractivity contribution is -0.126. The average molecular weight is 246 g/mol. The van der Waals surface area contributed by atoms with Crippen LogP contribution in [0, 0.1) is 34.5 Å². The van der Waals surface area contributed by atoms with Crippen molar-refractivity contribution in [1.29, 1.82) is 0 Å². The molecule has 3 aliphatic carbocycles. The van der Waals surface area contributed by atoms with Crippen LogP contribution in [0.2, 0.25) is 0 Å². The van der Waals surface area contributed by atoms with Gasteiger partial charge in [-0.2, -0.15) is 0 Å². The van der Waals surface area contributed by atoms with Gasteiger partial charge < -0.3 is 0 Å². The summed E-state index contributed by atoms with van der Waals surface area (Å²) in [4.78, 5) is 12.2. The van der Waals surface area contributed by atoms with Crippen molar-refractivity contribution in [3.63, 3.8) is 0 Å². The first kappa shape index (κ1) is 12.4. The molecule has 0 aromatic heterocycles. The first-order valence-corrected chi connectivity index (χ1v) is 7.50. The summed E-state index contributed by atoms with van der Waals surface area (Å²) in [5.41, 5.74) is 1.96. The van der Waals surface area contributed by atoms with E-state index in [9.17, 15) is 4.79 Å². The van der Waals surface area contributed by atoms with E-state index < -0.39 is 0 Å². The number of rotatable bonds is 1. The van der Waals surface area contributed by atoms with Crippen LogP contribution >= 0.6 is 0 Å². The van der Waals surface area contributed by atoms with E-state index in [4.69, 9.17) is 0 Å². The van der Waals surface area contributed by atoms with Crippen molar-refractivity contribution in [2.75, 3.05) is 0 Å². The number of fused-ring (bicyclic) bond motifs is 1. The Balaban J connectivity index is 2.15. The topological polar surface area (TPSA) is 17.1 Å². The number of allylic oxidation sites excluding steroid dienone is 1. The summed E-state index contributed by atoms with van der Waals surface area (Å²) >= 11 is 0. The van der Waals surface area contributed by atoms with Gasteiger partial charge in [-0.25, -0.2) is 0 Å². The van der Waals surface area contributed by atoms with Crippen LogP contribution in [0.5, 0.6) is 0 Å². The molecule has 3 aliphatic rings. The van der Waals surface area contributed by atoms with Gasteiger partial charge in [0.1, 0.15) is 5.78 Å². The highest BCUT2D eigenvalue weighted by Gasteiger charge is 2.67. The third-order valence-corrected chi connectivity index (χ3v) is 6.83. The molecule has 2 bridgehead atoms. The zero-order chi connectivity index (χ0) is 13.3. The van der Waals surface area contributed by atoms with Gasteiger partial charge in [0.05, 0.1) is 0 Å². The normalized spacial score (nSPS) is 49.2. The molecule has 0 aromatic rings. The number of hydrogen-bond donors (Lipinski definition) is 0. The van der Waals surface area contributed by atoms with Crippen molar-refractivity contribution in [3.8, 4) is 0 Å². The minimum Gasteiger partial charge on any atom is -0.300 e. The van der Waals surface area contributed by atoms with Crippen molar-refractivity contribution in [3.05, 3.63) is 12.2 Å². The van der Waals surface area contributed by atoms with Gasteiger partial charge in [0, 0.05) is 11.3 Å². The second-order valence-electron chi connectivity index (χ2n) is 7.74. The summed E-state index contributed by atoms with van der Waals surface area (Å²) in [5.74, 6) is 2.84. The van der Waals surface area contributed by atoms with Crippen molar-refractivity contribution in [1.82, 2.24) is 0 Å². The summed E-state index contributed by atoms with van der Waals surface area (Å²) in [5, 5.41) is 0. The molecule has 0 amide bonds. The first-order valence-electron chi connectivity index (χ1n) is 7.50. The zero-order valence-electron chi connectivity index (χ0n) is 12.3. The van der Waals surface area contributed by atoms with Crippen molar-refractivity contribution >= 4 is 5.78 Å². The molecule has 3 fully saturated rings. The molecule has 18 heavy (non-hydrogen) atoms. The zero-order valence-corrected chi connectivity index (χ0v) is 12.3. The second kappa shape index (κ2) is 3.49. The molecule has 1 nitrogen and oxygen atoms in total. The van der Waals surface area contributed by atoms with Crippen molar-refractivity contribution in [2.24, 2.45) is 34.5 Å². The van der Waals surface area contributed by atoms with E-state index in [1.807, 2.05) is 0 Å². The minimum atomic E-state index is 0.173. The van der Waals surface area contributed by atoms with Crippen molar-refractivity contribution in [2.45, 2.75) is 53.4 Å². The quantitative estimate of drug-likeness (QED) is 0.633. The van der Waals surface area contributed by atoms with Crippen LogP contribution in [-0.2, 0) is 4.79 Å². The molecule has 1 spiro atoms. The standard InChI is InChI=1S/C17H26O/c1-10-8-13(12(3)18)17-9-14(10)16(4,5)15(17)7-6-11(17)2/h10,13-15H,2,6-9H2,1,3-5H3/t10-,13?,14-,15+,17-/m1/s1. The number of Topliss-reactive ketones (excluding diaryl/α,β-unsaturated/α-hetero) is 1. The Morgan fingerprint density at radius 2 is 2.06 bits per heavy atom. The van der Waals surface area contributed by atoms with Crippen LogP contribution in [0.25, 0.3) is 0 Å². The van der Waals surface area contributed by atoms with Gasteiger partial charge in [0.25, 0.3) is 0 Å². The Morgan fingerprint density at radius 1 is 1.39 bits per heavy atom. The smallest absolute Gasteiger partial charge is 0.133 e. The fourth-order valence-electron chi connectivity index (χ4n) is 6.10. The van der Waals surface area contributed by atoms with E-state index in [-0.39, 0.29) is 11.3 Å². The van der Waals surface area contributed by atoms with Gasteiger partial charge in [0.15, 0.2) is 0 Å². The molecule has 0 aliphatic heterocycles. The summed E-state index contributed by atoms with van der Waals surface area (Å²) in [6.45, 7) is 13.4. The maximum Gasteiger partial charge on any atom is 0.133 e. The SMILES string of the molecule is C=C1CC[C@H]2C(C)(C)[C@@H]3C[C@]12C(C(C)=O)C[C@H]3C. The number of carbonyl (C=O) groups excluding carboxylic acids is 1. The fraction of sp³-hybridized carbons (Fsp3) is 0.824. The largest absolute Gasteiger partial charge is 0.300 e. The molecule has 1 heteroatoms. The van der Waals surface area contributed by atoms with Crippen LogP contribution in [0.4, 0.5) is 0 Å². The van der Waals surface area contributed by atoms with E-state index in [2.05, 4.69) is 27.4 Å². The lowest BCUT2D eigenvalue weighted by atomic mass is 9.60.